The quantitative estimate of drug-likeness (QED) is 0.410. The van der Waals surface area contributed by atoms with Gasteiger partial charge in [-0.1, -0.05) is 19.9 Å². The minimum atomic E-state index is -3.46. The maximum Gasteiger partial charge on any atom is 0.233 e. The summed E-state index contributed by atoms with van der Waals surface area (Å²) in [6.07, 6.45) is 6.78. The Morgan fingerprint density at radius 2 is 2.00 bits per heavy atom. The Morgan fingerprint density at radius 1 is 1.19 bits per heavy atom. The van der Waals surface area contributed by atoms with Crippen LogP contribution in [0, 0.1) is 0 Å². The number of benzene rings is 1. The van der Waals surface area contributed by atoms with Crippen LogP contribution >= 0.6 is 0 Å². The predicted molar refractivity (Wildman–Crippen MR) is 140 cm³/mol. The number of hydrogen-bond donors (Lipinski definition) is 2. The molecule has 1 aliphatic rings. The molecular formula is C25H27N7O3S. The highest BCUT2D eigenvalue weighted by molar-refractivity contribution is 7.92. The number of sulfonamides is 1. The first kappa shape index (κ1) is 23.7. The van der Waals surface area contributed by atoms with E-state index in [1.807, 2.05) is 41.1 Å². The van der Waals surface area contributed by atoms with Gasteiger partial charge in [-0.3, -0.25) is 9.10 Å². The molecule has 2 N–H and O–H groups in total. The van der Waals surface area contributed by atoms with E-state index in [0.29, 0.717) is 30.4 Å². The SMILES string of the molecule is CN(c1ncccc1Cn1ccc2cnc(Nc3ccc4c(c3)C(C)(C)CC(=O)N4)nc21)S(C)(=O)=O. The van der Waals surface area contributed by atoms with Crippen molar-refractivity contribution in [3.05, 3.63) is 66.1 Å². The van der Waals surface area contributed by atoms with Crippen molar-refractivity contribution in [1.29, 1.82) is 0 Å². The third-order valence-corrected chi connectivity index (χ3v) is 7.56. The molecule has 5 rings (SSSR count). The fourth-order valence-electron chi connectivity index (χ4n) is 4.45. The van der Waals surface area contributed by atoms with Gasteiger partial charge in [0.1, 0.15) is 11.5 Å². The Hall–Kier alpha value is -3.99. The second kappa shape index (κ2) is 8.59. The summed E-state index contributed by atoms with van der Waals surface area (Å²) in [7, 11) is -1.97. The fourth-order valence-corrected chi connectivity index (χ4v) is 4.93. The Kier molecular flexibility index (Phi) is 5.67. The highest BCUT2D eigenvalue weighted by Gasteiger charge is 2.32. The van der Waals surface area contributed by atoms with Crippen molar-refractivity contribution in [3.63, 3.8) is 0 Å². The van der Waals surface area contributed by atoms with Gasteiger partial charge in [-0.15, -0.1) is 0 Å². The van der Waals surface area contributed by atoms with Crippen molar-refractivity contribution in [3.8, 4) is 0 Å². The minimum Gasteiger partial charge on any atom is -0.328 e. The molecule has 3 aromatic heterocycles. The van der Waals surface area contributed by atoms with Crippen molar-refractivity contribution in [2.75, 3.05) is 28.2 Å². The van der Waals surface area contributed by atoms with Crippen molar-refractivity contribution < 1.29 is 13.2 Å². The molecule has 11 heteroatoms. The highest BCUT2D eigenvalue weighted by Crippen LogP contribution is 2.38. The molecule has 0 aliphatic carbocycles. The zero-order valence-corrected chi connectivity index (χ0v) is 21.3. The fraction of sp³-hybridized carbons (Fsp3) is 0.280. The van der Waals surface area contributed by atoms with Gasteiger partial charge < -0.3 is 15.2 Å². The smallest absolute Gasteiger partial charge is 0.233 e. The zero-order chi connectivity index (χ0) is 25.7. The molecule has 4 aromatic rings. The lowest BCUT2D eigenvalue weighted by Crippen LogP contribution is -2.32. The molecule has 0 saturated carbocycles. The topological polar surface area (TPSA) is 122 Å². The van der Waals surface area contributed by atoms with Crippen LogP contribution in [0.15, 0.2) is 55.0 Å². The van der Waals surface area contributed by atoms with Gasteiger partial charge in [0.05, 0.1) is 12.8 Å². The van der Waals surface area contributed by atoms with Gasteiger partial charge in [0, 0.05) is 59.8 Å². The summed E-state index contributed by atoms with van der Waals surface area (Å²) >= 11 is 0. The molecule has 1 aromatic carbocycles. The summed E-state index contributed by atoms with van der Waals surface area (Å²) in [6, 6.07) is 11.3. The molecule has 4 heterocycles. The van der Waals surface area contributed by atoms with E-state index in [9.17, 15) is 13.2 Å². The van der Waals surface area contributed by atoms with Crippen molar-refractivity contribution in [2.45, 2.75) is 32.2 Å². The molecule has 0 radical (unpaired) electrons. The number of amides is 1. The van der Waals surface area contributed by atoms with E-state index in [4.69, 9.17) is 4.98 Å². The number of carbonyl (C=O) groups is 1. The van der Waals surface area contributed by atoms with Gasteiger partial charge in [-0.2, -0.15) is 4.98 Å². The van der Waals surface area contributed by atoms with Crippen molar-refractivity contribution >= 4 is 50.1 Å². The summed E-state index contributed by atoms with van der Waals surface area (Å²) in [5.41, 5.74) is 3.86. The standard InChI is InChI=1S/C25H27N7O3S/c1-25(2)13-21(33)29-20-8-7-18(12-19(20)25)28-24-27-14-16-9-11-32(23(16)30-24)15-17-6-5-10-26-22(17)31(3)36(4,34)35/h5-12,14H,13,15H2,1-4H3,(H,29,33)(H,27,28,30). The Morgan fingerprint density at radius 3 is 2.78 bits per heavy atom. The molecule has 0 saturated heterocycles. The number of anilines is 4. The molecule has 0 bridgehead atoms. The van der Waals surface area contributed by atoms with Crippen LogP contribution < -0.4 is 14.9 Å². The predicted octanol–water partition coefficient (Wildman–Crippen LogP) is 3.63. The number of pyridine rings is 1. The second-order valence-corrected chi connectivity index (χ2v) is 11.6. The maximum atomic E-state index is 12.1. The van der Waals surface area contributed by atoms with Crippen LogP contribution in [0.3, 0.4) is 0 Å². The third kappa shape index (κ3) is 4.49. The second-order valence-electron chi connectivity index (χ2n) is 9.63. The summed E-state index contributed by atoms with van der Waals surface area (Å²) in [6.45, 7) is 4.49. The average molecular weight is 506 g/mol. The minimum absolute atomic E-state index is 0.0160. The van der Waals surface area contributed by atoms with Crippen LogP contribution in [0.5, 0.6) is 0 Å². The van der Waals surface area contributed by atoms with E-state index < -0.39 is 10.0 Å². The first-order valence-corrected chi connectivity index (χ1v) is 13.3. The van der Waals surface area contributed by atoms with Gasteiger partial charge >= 0.3 is 0 Å². The Labute approximate surface area is 209 Å². The van der Waals surface area contributed by atoms with Crippen molar-refractivity contribution in [1.82, 2.24) is 19.5 Å². The van der Waals surface area contributed by atoms with E-state index >= 15 is 0 Å². The summed E-state index contributed by atoms with van der Waals surface area (Å²) in [5, 5.41) is 7.07. The average Bonchev–Trinajstić information content (AvgIpc) is 3.20. The van der Waals surface area contributed by atoms with E-state index in [1.165, 1.54) is 11.4 Å². The van der Waals surface area contributed by atoms with Gasteiger partial charge in [-0.25, -0.2) is 18.4 Å². The van der Waals surface area contributed by atoms with Gasteiger partial charge in [0.2, 0.25) is 21.9 Å². The number of carbonyl (C=O) groups excluding carboxylic acids is 1. The summed E-state index contributed by atoms with van der Waals surface area (Å²) in [5.74, 6) is 0.819. The van der Waals surface area contributed by atoms with Crippen LogP contribution in [0.4, 0.5) is 23.1 Å². The van der Waals surface area contributed by atoms with Gasteiger partial charge in [0.25, 0.3) is 0 Å². The lowest BCUT2D eigenvalue weighted by atomic mass is 9.78. The Balaban J connectivity index is 1.45. The number of nitrogens with zero attached hydrogens (tertiary/aromatic N) is 5. The van der Waals surface area contributed by atoms with E-state index in [0.717, 1.165) is 34.1 Å². The number of nitrogens with one attached hydrogen (secondary N) is 2. The lowest BCUT2D eigenvalue weighted by molar-refractivity contribution is -0.117. The maximum absolute atomic E-state index is 12.1. The molecule has 0 atom stereocenters. The van der Waals surface area contributed by atoms with Gasteiger partial charge in [0.15, 0.2) is 0 Å². The number of hydrogen-bond acceptors (Lipinski definition) is 7. The van der Waals surface area contributed by atoms with Crippen LogP contribution in [0.1, 0.15) is 31.4 Å². The van der Waals surface area contributed by atoms with Crippen LogP contribution in [-0.4, -0.2) is 47.1 Å². The number of rotatable bonds is 6. The van der Waals surface area contributed by atoms with E-state index in [-0.39, 0.29) is 11.3 Å². The highest BCUT2D eigenvalue weighted by atomic mass is 32.2. The van der Waals surface area contributed by atoms with E-state index in [2.05, 4.69) is 34.4 Å². The molecule has 1 amide bonds. The first-order valence-electron chi connectivity index (χ1n) is 11.4. The molecule has 0 unspecified atom stereocenters. The molecule has 0 fully saturated rings. The molecular weight excluding hydrogens is 478 g/mol. The lowest BCUT2D eigenvalue weighted by Gasteiger charge is -2.32. The van der Waals surface area contributed by atoms with Crippen LogP contribution in [0.25, 0.3) is 11.0 Å². The van der Waals surface area contributed by atoms with E-state index in [1.54, 1.807) is 18.5 Å². The van der Waals surface area contributed by atoms with Crippen LogP contribution in [-0.2, 0) is 26.8 Å². The monoisotopic (exact) mass is 505 g/mol. The third-order valence-electron chi connectivity index (χ3n) is 6.39. The molecule has 1 aliphatic heterocycles. The van der Waals surface area contributed by atoms with Crippen LogP contribution in [0.2, 0.25) is 0 Å². The molecule has 36 heavy (non-hydrogen) atoms. The van der Waals surface area contributed by atoms with Gasteiger partial charge in [-0.05, 0) is 35.9 Å². The number of aromatic nitrogens is 4. The molecule has 186 valence electrons. The Bertz CT molecular complexity index is 1590. The van der Waals surface area contributed by atoms with Crippen molar-refractivity contribution in [2.24, 2.45) is 0 Å². The number of fused-ring (bicyclic) bond motifs is 2. The first-order chi connectivity index (χ1) is 17.0. The molecule has 0 spiro atoms. The molecule has 10 nitrogen and oxygen atoms in total. The normalized spacial score (nSPS) is 14.8. The zero-order valence-electron chi connectivity index (χ0n) is 20.5. The summed E-state index contributed by atoms with van der Waals surface area (Å²) < 4.78 is 27.3. The largest absolute Gasteiger partial charge is 0.328 e. The summed E-state index contributed by atoms with van der Waals surface area (Å²) in [4.78, 5) is 25.5.